The van der Waals surface area contributed by atoms with E-state index in [2.05, 4.69) is 14.9 Å². The van der Waals surface area contributed by atoms with Gasteiger partial charge in [0.25, 0.3) is 5.91 Å². The smallest absolute Gasteiger partial charge is 0.253 e. The highest BCUT2D eigenvalue weighted by atomic mass is 16.2. The minimum Gasteiger partial charge on any atom is -0.336 e. The van der Waals surface area contributed by atoms with Crippen LogP contribution in [0.5, 0.6) is 0 Å². The Morgan fingerprint density at radius 3 is 2.61 bits per heavy atom. The van der Waals surface area contributed by atoms with Gasteiger partial charge in [0.1, 0.15) is 0 Å². The van der Waals surface area contributed by atoms with E-state index in [-0.39, 0.29) is 5.91 Å². The summed E-state index contributed by atoms with van der Waals surface area (Å²) in [7, 11) is 0. The molecule has 0 unspecified atom stereocenters. The van der Waals surface area contributed by atoms with E-state index in [0.717, 1.165) is 60.7 Å². The second-order valence-corrected chi connectivity index (χ2v) is 7.16. The average Bonchev–Trinajstić information content (AvgIpc) is 2.75. The summed E-state index contributed by atoms with van der Waals surface area (Å²) >= 11 is 0. The van der Waals surface area contributed by atoms with E-state index in [1.165, 1.54) is 0 Å². The first-order valence-corrected chi connectivity index (χ1v) is 9.63. The topological polar surface area (TPSA) is 49.3 Å². The highest BCUT2D eigenvalue weighted by Crippen LogP contribution is 2.24. The number of rotatable bonds is 4. The van der Waals surface area contributed by atoms with E-state index in [9.17, 15) is 4.79 Å². The Labute approximate surface area is 165 Å². The van der Waals surface area contributed by atoms with Crippen molar-refractivity contribution in [1.82, 2.24) is 19.8 Å². The fraction of sp³-hybridized carbons (Fsp3) is 0.261. The van der Waals surface area contributed by atoms with Crippen LogP contribution in [0.15, 0.2) is 67.1 Å². The molecule has 5 nitrogen and oxygen atoms in total. The third-order valence-electron chi connectivity index (χ3n) is 5.21. The number of piperazine rings is 1. The zero-order valence-corrected chi connectivity index (χ0v) is 16.1. The molecule has 142 valence electrons. The van der Waals surface area contributed by atoms with E-state index in [1.54, 1.807) is 6.20 Å². The lowest BCUT2D eigenvalue weighted by atomic mass is 10.00. The maximum absolute atomic E-state index is 13.0. The Morgan fingerprint density at radius 2 is 1.86 bits per heavy atom. The molecule has 4 rings (SSSR count). The van der Waals surface area contributed by atoms with Gasteiger partial charge >= 0.3 is 0 Å². The molecule has 3 heterocycles. The van der Waals surface area contributed by atoms with Gasteiger partial charge in [0.2, 0.25) is 0 Å². The van der Waals surface area contributed by atoms with Crippen LogP contribution in [0, 0.1) is 6.92 Å². The lowest BCUT2D eigenvalue weighted by Gasteiger charge is -2.34. The first-order valence-electron chi connectivity index (χ1n) is 9.63. The summed E-state index contributed by atoms with van der Waals surface area (Å²) in [6.07, 6.45) is 5.47. The van der Waals surface area contributed by atoms with Crippen molar-refractivity contribution in [1.29, 1.82) is 0 Å². The van der Waals surface area contributed by atoms with E-state index in [0.29, 0.717) is 0 Å². The monoisotopic (exact) mass is 372 g/mol. The number of benzene rings is 1. The summed E-state index contributed by atoms with van der Waals surface area (Å²) in [5.41, 5.74) is 5.09. The molecule has 1 saturated heterocycles. The largest absolute Gasteiger partial charge is 0.336 e. The predicted octanol–water partition coefficient (Wildman–Crippen LogP) is 3.41. The standard InChI is InChI=1S/C23H24N4O/c1-18-16-24-10-8-22(18)19-5-4-6-20(15-19)23(28)27-13-11-26(12-14-27)17-21-7-2-3-9-25-21/h2-10,15-16H,11-14,17H2,1H3. The molecular formula is C23H24N4O. The molecule has 1 fully saturated rings. The van der Waals surface area contributed by atoms with Gasteiger partial charge in [0.05, 0.1) is 5.69 Å². The quantitative estimate of drug-likeness (QED) is 0.704. The van der Waals surface area contributed by atoms with E-state index in [4.69, 9.17) is 0 Å². The summed E-state index contributed by atoms with van der Waals surface area (Å²) in [6, 6.07) is 15.9. The van der Waals surface area contributed by atoms with Crippen LogP contribution in [-0.4, -0.2) is 51.9 Å². The van der Waals surface area contributed by atoms with Crippen LogP contribution >= 0.6 is 0 Å². The van der Waals surface area contributed by atoms with Crippen LogP contribution < -0.4 is 0 Å². The van der Waals surface area contributed by atoms with E-state index >= 15 is 0 Å². The molecule has 0 N–H and O–H groups in total. The van der Waals surface area contributed by atoms with Crippen molar-refractivity contribution in [3.8, 4) is 11.1 Å². The number of pyridine rings is 2. The summed E-state index contributed by atoms with van der Waals surface area (Å²) in [4.78, 5) is 25.9. The van der Waals surface area contributed by atoms with Crippen molar-refractivity contribution in [2.45, 2.75) is 13.5 Å². The van der Waals surface area contributed by atoms with E-state index < -0.39 is 0 Å². The first kappa shape index (κ1) is 18.3. The SMILES string of the molecule is Cc1cnccc1-c1cccc(C(=O)N2CCN(Cc3ccccn3)CC2)c1. The number of amides is 1. The Bertz CT molecular complexity index is 950. The maximum atomic E-state index is 13.0. The third kappa shape index (κ3) is 4.10. The highest BCUT2D eigenvalue weighted by molar-refractivity contribution is 5.95. The molecule has 1 aliphatic heterocycles. The molecule has 5 heteroatoms. The molecule has 1 amide bonds. The van der Waals surface area contributed by atoms with Gasteiger partial charge in [-0.2, -0.15) is 0 Å². The summed E-state index contributed by atoms with van der Waals surface area (Å²) < 4.78 is 0. The molecule has 3 aromatic rings. The molecule has 0 saturated carbocycles. The molecule has 28 heavy (non-hydrogen) atoms. The number of hydrogen-bond acceptors (Lipinski definition) is 4. The van der Waals surface area contributed by atoms with Gasteiger partial charge < -0.3 is 4.90 Å². The van der Waals surface area contributed by atoms with Crippen molar-refractivity contribution >= 4 is 5.91 Å². The van der Waals surface area contributed by atoms with Crippen LogP contribution in [0.3, 0.4) is 0 Å². The Kier molecular flexibility index (Phi) is 5.44. The van der Waals surface area contributed by atoms with Crippen molar-refractivity contribution < 1.29 is 4.79 Å². The number of carbonyl (C=O) groups is 1. The van der Waals surface area contributed by atoms with E-state index in [1.807, 2.05) is 72.7 Å². The predicted molar refractivity (Wildman–Crippen MR) is 110 cm³/mol. The Hall–Kier alpha value is -3.05. The summed E-state index contributed by atoms with van der Waals surface area (Å²) in [5.74, 6) is 0.103. The van der Waals surface area contributed by atoms with Crippen LogP contribution in [0.4, 0.5) is 0 Å². The molecule has 0 atom stereocenters. The number of aromatic nitrogens is 2. The van der Waals surface area contributed by atoms with Crippen LogP contribution in [0.25, 0.3) is 11.1 Å². The highest BCUT2D eigenvalue weighted by Gasteiger charge is 2.22. The van der Waals surface area contributed by atoms with Gasteiger partial charge in [-0.25, -0.2) is 0 Å². The fourth-order valence-corrected chi connectivity index (χ4v) is 3.63. The average molecular weight is 372 g/mol. The molecular weight excluding hydrogens is 348 g/mol. The van der Waals surface area contributed by atoms with Gasteiger partial charge in [-0.1, -0.05) is 18.2 Å². The summed E-state index contributed by atoms with van der Waals surface area (Å²) in [6.45, 7) is 6.09. The maximum Gasteiger partial charge on any atom is 0.253 e. The van der Waals surface area contributed by atoms with Crippen LogP contribution in [0.2, 0.25) is 0 Å². The van der Waals surface area contributed by atoms with Gasteiger partial charge in [-0.3, -0.25) is 19.7 Å². The molecule has 1 aliphatic rings. The van der Waals surface area contributed by atoms with Gasteiger partial charge in [-0.15, -0.1) is 0 Å². The van der Waals surface area contributed by atoms with Gasteiger partial charge in [0.15, 0.2) is 0 Å². The molecule has 0 bridgehead atoms. The first-order chi connectivity index (χ1) is 13.7. The number of aryl methyl sites for hydroxylation is 1. The normalized spacial score (nSPS) is 14.8. The second kappa shape index (κ2) is 8.31. The number of nitrogens with zero attached hydrogens (tertiary/aromatic N) is 4. The fourth-order valence-electron chi connectivity index (χ4n) is 3.63. The minimum atomic E-state index is 0.103. The Balaban J connectivity index is 1.42. The molecule has 0 radical (unpaired) electrons. The minimum absolute atomic E-state index is 0.103. The van der Waals surface area contributed by atoms with Crippen LogP contribution in [-0.2, 0) is 6.54 Å². The zero-order valence-electron chi connectivity index (χ0n) is 16.1. The molecule has 0 aliphatic carbocycles. The molecule has 1 aromatic carbocycles. The molecule has 0 spiro atoms. The number of carbonyl (C=O) groups excluding carboxylic acids is 1. The number of hydrogen-bond donors (Lipinski definition) is 0. The lowest BCUT2D eigenvalue weighted by molar-refractivity contribution is 0.0627. The second-order valence-electron chi connectivity index (χ2n) is 7.16. The zero-order chi connectivity index (χ0) is 19.3. The molecule has 2 aromatic heterocycles. The van der Waals surface area contributed by atoms with Crippen LogP contribution in [0.1, 0.15) is 21.6 Å². The summed E-state index contributed by atoms with van der Waals surface area (Å²) in [5, 5.41) is 0. The van der Waals surface area contributed by atoms with Crippen molar-refractivity contribution in [3.63, 3.8) is 0 Å². The third-order valence-corrected chi connectivity index (χ3v) is 5.21. The van der Waals surface area contributed by atoms with Crippen molar-refractivity contribution in [3.05, 3.63) is 83.9 Å². The van der Waals surface area contributed by atoms with Gasteiger partial charge in [0, 0.05) is 56.9 Å². The van der Waals surface area contributed by atoms with Gasteiger partial charge in [-0.05, 0) is 53.9 Å². The lowest BCUT2D eigenvalue weighted by Crippen LogP contribution is -2.48. The van der Waals surface area contributed by atoms with Crippen molar-refractivity contribution in [2.75, 3.05) is 26.2 Å². The van der Waals surface area contributed by atoms with Crippen molar-refractivity contribution in [2.24, 2.45) is 0 Å². The Morgan fingerprint density at radius 1 is 1.00 bits per heavy atom.